The fourth-order valence-electron chi connectivity index (χ4n) is 4.31. The highest BCUT2D eigenvalue weighted by molar-refractivity contribution is 5.22. The first kappa shape index (κ1) is 18.6. The average molecular weight is 370 g/mol. The Bertz CT molecular complexity index is 753. The minimum atomic E-state index is 0.472. The molecule has 27 heavy (non-hydrogen) atoms. The van der Waals surface area contributed by atoms with Gasteiger partial charge in [0.25, 0.3) is 0 Å². The summed E-state index contributed by atoms with van der Waals surface area (Å²) < 4.78 is 7.68. The van der Waals surface area contributed by atoms with E-state index in [0.717, 1.165) is 57.6 Å². The maximum Gasteiger partial charge on any atom is 0.146 e. The van der Waals surface area contributed by atoms with Gasteiger partial charge in [-0.15, -0.1) is 10.2 Å². The molecule has 2 aliphatic heterocycles. The molecule has 6 nitrogen and oxygen atoms in total. The van der Waals surface area contributed by atoms with Gasteiger partial charge in [-0.05, 0) is 31.9 Å². The maximum absolute atomic E-state index is 5.45. The zero-order valence-corrected chi connectivity index (χ0v) is 16.6. The van der Waals surface area contributed by atoms with E-state index in [0.29, 0.717) is 5.92 Å². The topological polar surface area (TPSA) is 46.4 Å². The van der Waals surface area contributed by atoms with E-state index in [1.54, 1.807) is 0 Å². The molecule has 0 N–H and O–H groups in total. The van der Waals surface area contributed by atoms with E-state index < -0.39 is 0 Å². The highest BCUT2D eigenvalue weighted by atomic mass is 16.5. The van der Waals surface area contributed by atoms with Crippen LogP contribution >= 0.6 is 0 Å². The van der Waals surface area contributed by atoms with E-state index in [4.69, 9.17) is 4.74 Å². The van der Waals surface area contributed by atoms with Gasteiger partial charge in [0.1, 0.15) is 11.6 Å². The smallest absolute Gasteiger partial charge is 0.146 e. The van der Waals surface area contributed by atoms with Gasteiger partial charge < -0.3 is 9.30 Å². The van der Waals surface area contributed by atoms with E-state index >= 15 is 0 Å². The zero-order valence-electron chi connectivity index (χ0n) is 16.6. The molecular weight excluding hydrogens is 338 g/mol. The monoisotopic (exact) mass is 369 g/mol. The van der Waals surface area contributed by atoms with Crippen LogP contribution in [0, 0.1) is 6.92 Å². The average Bonchev–Trinajstić information content (AvgIpc) is 3.03. The van der Waals surface area contributed by atoms with Gasteiger partial charge in [0.05, 0.1) is 19.8 Å². The van der Waals surface area contributed by atoms with Crippen LogP contribution in [0.3, 0.4) is 0 Å². The highest BCUT2D eigenvalue weighted by Gasteiger charge is 2.26. The molecule has 6 heteroatoms. The quantitative estimate of drug-likeness (QED) is 0.810. The lowest BCUT2D eigenvalue weighted by Gasteiger charge is -2.32. The van der Waals surface area contributed by atoms with Crippen LogP contribution < -0.4 is 0 Å². The summed E-state index contributed by atoms with van der Waals surface area (Å²) in [6, 6.07) is 8.86. The summed E-state index contributed by atoms with van der Waals surface area (Å²) in [5.74, 6) is 2.69. The molecule has 0 radical (unpaired) electrons. The number of rotatable bonds is 5. The maximum atomic E-state index is 5.45. The standard InChI is InChI=1S/C21H31N5O/c1-17-5-3-6-18(13-17)14-26-8-4-7-19(15-26)21-23-22-20(24(21)2)16-25-9-11-27-12-10-25/h3,5-6,13,19H,4,7-12,14-16H2,1-2H3. The van der Waals surface area contributed by atoms with Crippen molar-refractivity contribution in [3.63, 3.8) is 0 Å². The largest absolute Gasteiger partial charge is 0.379 e. The minimum absolute atomic E-state index is 0.472. The Kier molecular flexibility index (Phi) is 5.86. The molecule has 0 aliphatic carbocycles. The Morgan fingerprint density at radius 2 is 1.93 bits per heavy atom. The van der Waals surface area contributed by atoms with Crippen molar-refractivity contribution in [2.45, 2.75) is 38.8 Å². The van der Waals surface area contributed by atoms with Gasteiger partial charge in [0.2, 0.25) is 0 Å². The van der Waals surface area contributed by atoms with E-state index in [2.05, 4.69) is 62.8 Å². The van der Waals surface area contributed by atoms with Gasteiger partial charge in [0.15, 0.2) is 0 Å². The summed E-state index contributed by atoms with van der Waals surface area (Å²) >= 11 is 0. The lowest BCUT2D eigenvalue weighted by Crippen LogP contribution is -2.36. The summed E-state index contributed by atoms with van der Waals surface area (Å²) in [5, 5.41) is 9.11. The number of morpholine rings is 1. The van der Waals surface area contributed by atoms with Crippen LogP contribution in [0.2, 0.25) is 0 Å². The Balaban J connectivity index is 1.40. The van der Waals surface area contributed by atoms with Gasteiger partial charge in [0, 0.05) is 39.1 Å². The first-order valence-electron chi connectivity index (χ1n) is 10.2. The molecule has 1 unspecified atom stereocenters. The van der Waals surface area contributed by atoms with E-state index in [9.17, 15) is 0 Å². The summed E-state index contributed by atoms with van der Waals surface area (Å²) in [5.41, 5.74) is 2.74. The minimum Gasteiger partial charge on any atom is -0.379 e. The molecule has 3 heterocycles. The van der Waals surface area contributed by atoms with Gasteiger partial charge in [-0.25, -0.2) is 0 Å². The van der Waals surface area contributed by atoms with Crippen LogP contribution in [0.25, 0.3) is 0 Å². The number of aryl methyl sites for hydroxylation is 1. The predicted molar refractivity (Wildman–Crippen MR) is 106 cm³/mol. The van der Waals surface area contributed by atoms with Crippen molar-refractivity contribution in [1.29, 1.82) is 0 Å². The molecule has 2 saturated heterocycles. The molecule has 2 fully saturated rings. The molecule has 4 rings (SSSR count). The SMILES string of the molecule is Cc1cccc(CN2CCCC(c3nnc(CN4CCOCC4)n3C)C2)c1. The molecule has 0 saturated carbocycles. The van der Waals surface area contributed by atoms with Crippen LogP contribution in [0.15, 0.2) is 24.3 Å². The van der Waals surface area contributed by atoms with Crippen LogP contribution in [-0.4, -0.2) is 64.0 Å². The Morgan fingerprint density at radius 1 is 1.07 bits per heavy atom. The molecule has 2 aromatic rings. The van der Waals surface area contributed by atoms with E-state index in [-0.39, 0.29) is 0 Å². The van der Waals surface area contributed by atoms with E-state index in [1.807, 2.05) is 0 Å². The summed E-state index contributed by atoms with van der Waals surface area (Å²) in [6.07, 6.45) is 2.43. The molecule has 1 aromatic carbocycles. The lowest BCUT2D eigenvalue weighted by molar-refractivity contribution is 0.0326. The van der Waals surface area contributed by atoms with Crippen LogP contribution in [0.4, 0.5) is 0 Å². The third-order valence-electron chi connectivity index (χ3n) is 5.83. The van der Waals surface area contributed by atoms with Crippen LogP contribution in [0.1, 0.15) is 41.5 Å². The van der Waals surface area contributed by atoms with Gasteiger partial charge in [-0.1, -0.05) is 29.8 Å². The highest BCUT2D eigenvalue weighted by Crippen LogP contribution is 2.27. The van der Waals surface area contributed by atoms with Crippen molar-refractivity contribution in [2.24, 2.45) is 7.05 Å². The van der Waals surface area contributed by atoms with Crippen molar-refractivity contribution >= 4 is 0 Å². The Labute approximate surface area is 162 Å². The fraction of sp³-hybridized carbons (Fsp3) is 0.619. The Hall–Kier alpha value is -1.76. The number of ether oxygens (including phenoxy) is 1. The molecule has 1 aromatic heterocycles. The lowest BCUT2D eigenvalue weighted by atomic mass is 9.96. The van der Waals surface area contributed by atoms with Gasteiger partial charge >= 0.3 is 0 Å². The van der Waals surface area contributed by atoms with Crippen molar-refractivity contribution in [1.82, 2.24) is 24.6 Å². The molecule has 0 bridgehead atoms. The number of hydrogen-bond acceptors (Lipinski definition) is 5. The third-order valence-corrected chi connectivity index (χ3v) is 5.83. The number of piperidine rings is 1. The van der Waals surface area contributed by atoms with Gasteiger partial charge in [-0.3, -0.25) is 9.80 Å². The Morgan fingerprint density at radius 3 is 2.74 bits per heavy atom. The number of benzene rings is 1. The number of hydrogen-bond donors (Lipinski definition) is 0. The second-order valence-corrected chi connectivity index (χ2v) is 7.99. The molecule has 146 valence electrons. The summed E-state index contributed by atoms with van der Waals surface area (Å²) in [7, 11) is 2.13. The fourth-order valence-corrected chi connectivity index (χ4v) is 4.31. The van der Waals surface area contributed by atoms with Crippen molar-refractivity contribution in [3.05, 3.63) is 47.0 Å². The van der Waals surface area contributed by atoms with Gasteiger partial charge in [-0.2, -0.15) is 0 Å². The molecule has 2 aliphatic rings. The van der Waals surface area contributed by atoms with Crippen molar-refractivity contribution < 1.29 is 4.74 Å². The van der Waals surface area contributed by atoms with Crippen LogP contribution in [-0.2, 0) is 24.9 Å². The third kappa shape index (κ3) is 4.57. The molecule has 1 atom stereocenters. The molecule has 0 spiro atoms. The summed E-state index contributed by atoms with van der Waals surface area (Å²) in [6.45, 7) is 9.90. The predicted octanol–water partition coefficient (Wildman–Crippen LogP) is 2.34. The second kappa shape index (κ2) is 8.50. The normalized spacial score (nSPS) is 22.2. The van der Waals surface area contributed by atoms with Crippen LogP contribution in [0.5, 0.6) is 0 Å². The molecular formula is C21H31N5O. The first-order valence-corrected chi connectivity index (χ1v) is 10.2. The second-order valence-electron chi connectivity index (χ2n) is 7.99. The van der Waals surface area contributed by atoms with Crippen molar-refractivity contribution in [2.75, 3.05) is 39.4 Å². The number of likely N-dealkylation sites (tertiary alicyclic amines) is 1. The van der Waals surface area contributed by atoms with Crippen molar-refractivity contribution in [3.8, 4) is 0 Å². The zero-order chi connectivity index (χ0) is 18.6. The summed E-state index contributed by atoms with van der Waals surface area (Å²) in [4.78, 5) is 4.97. The van der Waals surface area contributed by atoms with E-state index in [1.165, 1.54) is 30.5 Å². The number of aromatic nitrogens is 3. The first-order chi connectivity index (χ1) is 13.2. The molecule has 0 amide bonds. The number of nitrogens with zero attached hydrogens (tertiary/aromatic N) is 5.